The molecule has 0 N–H and O–H groups in total. The molecule has 0 spiro atoms. The van der Waals surface area contributed by atoms with Crippen LogP contribution in [-0.2, 0) is 9.31 Å². The Morgan fingerprint density at radius 1 is 0.680 bits per heavy atom. The Hall–Kier alpha value is -2.10. The SMILES string of the molecule is CC1(C)OB(c2ccc(C=CC=Cc3ccccc3)cc2)OC1(C)C. The third-order valence-electron chi connectivity index (χ3n) is 4.95. The molecule has 0 unspecified atom stereocenters. The highest BCUT2D eigenvalue weighted by Crippen LogP contribution is 2.36. The molecule has 1 aliphatic rings. The van der Waals surface area contributed by atoms with Gasteiger partial charge in [-0.1, -0.05) is 78.9 Å². The Morgan fingerprint density at radius 2 is 1.16 bits per heavy atom. The maximum absolute atomic E-state index is 6.09. The van der Waals surface area contributed by atoms with Gasteiger partial charge in [0.15, 0.2) is 0 Å². The van der Waals surface area contributed by atoms with Gasteiger partial charge in [0.1, 0.15) is 0 Å². The van der Waals surface area contributed by atoms with E-state index in [1.54, 1.807) is 0 Å². The molecule has 2 nitrogen and oxygen atoms in total. The second kappa shape index (κ2) is 7.03. The van der Waals surface area contributed by atoms with Crippen molar-refractivity contribution in [3.05, 3.63) is 77.9 Å². The molecule has 0 bridgehead atoms. The van der Waals surface area contributed by atoms with Crippen molar-refractivity contribution in [1.82, 2.24) is 0 Å². The van der Waals surface area contributed by atoms with Gasteiger partial charge in [-0.15, -0.1) is 0 Å². The summed E-state index contributed by atoms with van der Waals surface area (Å²) >= 11 is 0. The zero-order valence-corrected chi connectivity index (χ0v) is 15.4. The number of hydrogen-bond acceptors (Lipinski definition) is 2. The smallest absolute Gasteiger partial charge is 0.399 e. The van der Waals surface area contributed by atoms with Crippen LogP contribution in [-0.4, -0.2) is 18.3 Å². The predicted molar refractivity (Wildman–Crippen MR) is 107 cm³/mol. The van der Waals surface area contributed by atoms with Crippen molar-refractivity contribution in [2.24, 2.45) is 0 Å². The van der Waals surface area contributed by atoms with E-state index >= 15 is 0 Å². The summed E-state index contributed by atoms with van der Waals surface area (Å²) in [5.74, 6) is 0. The van der Waals surface area contributed by atoms with Crippen LogP contribution in [0.3, 0.4) is 0 Å². The van der Waals surface area contributed by atoms with E-state index in [2.05, 4.69) is 88.4 Å². The molecule has 0 atom stereocenters. The van der Waals surface area contributed by atoms with Crippen molar-refractivity contribution in [2.75, 3.05) is 0 Å². The maximum Gasteiger partial charge on any atom is 0.494 e. The van der Waals surface area contributed by atoms with Gasteiger partial charge in [0.25, 0.3) is 0 Å². The van der Waals surface area contributed by atoms with Gasteiger partial charge in [-0.2, -0.15) is 0 Å². The number of hydrogen-bond donors (Lipinski definition) is 0. The van der Waals surface area contributed by atoms with Gasteiger partial charge >= 0.3 is 7.12 Å². The molecule has 1 saturated heterocycles. The molecule has 128 valence electrons. The van der Waals surface area contributed by atoms with E-state index in [1.165, 1.54) is 5.56 Å². The predicted octanol–water partition coefficient (Wildman–Crippen LogP) is 4.71. The molecule has 0 amide bonds. The number of benzene rings is 2. The highest BCUT2D eigenvalue weighted by molar-refractivity contribution is 6.62. The summed E-state index contributed by atoms with van der Waals surface area (Å²) in [5, 5.41) is 0. The van der Waals surface area contributed by atoms with Gasteiger partial charge in [0, 0.05) is 0 Å². The molecule has 3 heteroatoms. The molecular weight excluding hydrogens is 307 g/mol. The summed E-state index contributed by atoms with van der Waals surface area (Å²) in [6, 6.07) is 18.6. The summed E-state index contributed by atoms with van der Waals surface area (Å²) < 4.78 is 12.2. The first kappa shape index (κ1) is 17.7. The average Bonchev–Trinajstić information content (AvgIpc) is 2.81. The van der Waals surface area contributed by atoms with Crippen LogP contribution in [0.4, 0.5) is 0 Å². The van der Waals surface area contributed by atoms with Crippen LogP contribution in [0.5, 0.6) is 0 Å². The Morgan fingerprint density at radius 3 is 1.68 bits per heavy atom. The second-order valence-electron chi connectivity index (χ2n) is 7.38. The molecule has 2 aromatic rings. The van der Waals surface area contributed by atoms with Crippen LogP contribution in [0, 0.1) is 0 Å². The fourth-order valence-corrected chi connectivity index (χ4v) is 2.64. The first-order chi connectivity index (χ1) is 11.9. The van der Waals surface area contributed by atoms with Crippen LogP contribution in [0.1, 0.15) is 38.8 Å². The van der Waals surface area contributed by atoms with Crippen molar-refractivity contribution in [3.63, 3.8) is 0 Å². The van der Waals surface area contributed by atoms with Crippen LogP contribution < -0.4 is 5.46 Å². The fourth-order valence-electron chi connectivity index (χ4n) is 2.64. The van der Waals surface area contributed by atoms with Gasteiger partial charge < -0.3 is 9.31 Å². The minimum absolute atomic E-state index is 0.305. The van der Waals surface area contributed by atoms with Gasteiger partial charge in [-0.05, 0) is 44.3 Å². The largest absolute Gasteiger partial charge is 0.494 e. The minimum atomic E-state index is -0.307. The molecule has 0 radical (unpaired) electrons. The van der Waals surface area contributed by atoms with E-state index in [-0.39, 0.29) is 18.3 Å². The summed E-state index contributed by atoms with van der Waals surface area (Å²) in [6.45, 7) is 8.29. The molecule has 1 aliphatic heterocycles. The molecule has 0 saturated carbocycles. The van der Waals surface area contributed by atoms with E-state index in [0.29, 0.717) is 0 Å². The Labute approximate surface area is 151 Å². The molecule has 1 heterocycles. The van der Waals surface area contributed by atoms with E-state index in [0.717, 1.165) is 11.0 Å². The lowest BCUT2D eigenvalue weighted by molar-refractivity contribution is 0.00578. The van der Waals surface area contributed by atoms with Crippen molar-refractivity contribution in [2.45, 2.75) is 38.9 Å². The number of allylic oxidation sites excluding steroid dienone is 2. The lowest BCUT2D eigenvalue weighted by Crippen LogP contribution is -2.41. The van der Waals surface area contributed by atoms with Gasteiger partial charge in [0.05, 0.1) is 11.2 Å². The van der Waals surface area contributed by atoms with Crippen LogP contribution >= 0.6 is 0 Å². The first-order valence-electron chi connectivity index (χ1n) is 8.73. The van der Waals surface area contributed by atoms with Gasteiger partial charge in [-0.3, -0.25) is 0 Å². The van der Waals surface area contributed by atoms with Crippen LogP contribution in [0.2, 0.25) is 0 Å². The first-order valence-corrected chi connectivity index (χ1v) is 8.73. The lowest BCUT2D eigenvalue weighted by Gasteiger charge is -2.32. The topological polar surface area (TPSA) is 18.5 Å². The molecule has 0 aliphatic carbocycles. The monoisotopic (exact) mass is 332 g/mol. The molecule has 1 fully saturated rings. The highest BCUT2D eigenvalue weighted by Gasteiger charge is 2.51. The summed E-state index contributed by atoms with van der Waals surface area (Å²) in [6.07, 6.45) is 8.29. The zero-order chi connectivity index (χ0) is 17.9. The third kappa shape index (κ3) is 4.12. The van der Waals surface area contributed by atoms with Crippen molar-refractivity contribution < 1.29 is 9.31 Å². The van der Waals surface area contributed by atoms with E-state index in [4.69, 9.17) is 9.31 Å². The van der Waals surface area contributed by atoms with E-state index < -0.39 is 0 Å². The molecule has 3 rings (SSSR count). The Bertz CT molecular complexity index is 742. The summed E-state index contributed by atoms with van der Waals surface area (Å²) in [7, 11) is -0.305. The lowest BCUT2D eigenvalue weighted by atomic mass is 9.79. The quantitative estimate of drug-likeness (QED) is 0.596. The van der Waals surface area contributed by atoms with E-state index in [1.807, 2.05) is 18.2 Å². The molecule has 25 heavy (non-hydrogen) atoms. The van der Waals surface area contributed by atoms with Crippen LogP contribution in [0.15, 0.2) is 66.7 Å². The maximum atomic E-state index is 6.09. The number of rotatable bonds is 4. The van der Waals surface area contributed by atoms with Crippen LogP contribution in [0.25, 0.3) is 12.2 Å². The summed E-state index contributed by atoms with van der Waals surface area (Å²) in [5.41, 5.74) is 2.79. The van der Waals surface area contributed by atoms with Crippen molar-refractivity contribution >= 4 is 24.7 Å². The Kier molecular flexibility index (Phi) is 4.98. The van der Waals surface area contributed by atoms with E-state index in [9.17, 15) is 0 Å². The summed E-state index contributed by atoms with van der Waals surface area (Å²) in [4.78, 5) is 0. The van der Waals surface area contributed by atoms with Crippen molar-refractivity contribution in [1.29, 1.82) is 0 Å². The molecule has 2 aromatic carbocycles. The minimum Gasteiger partial charge on any atom is -0.399 e. The van der Waals surface area contributed by atoms with Gasteiger partial charge in [0.2, 0.25) is 0 Å². The van der Waals surface area contributed by atoms with Crippen molar-refractivity contribution in [3.8, 4) is 0 Å². The average molecular weight is 332 g/mol. The standard InChI is InChI=1S/C22H25BO2/c1-21(2)22(3,4)25-23(24-21)20-16-14-19(15-17-20)13-9-8-12-18-10-6-5-7-11-18/h5-17H,1-4H3. The Balaban J connectivity index is 1.63. The van der Waals surface area contributed by atoms with Gasteiger partial charge in [-0.25, -0.2) is 0 Å². The zero-order valence-electron chi connectivity index (χ0n) is 15.4. The normalized spacial score (nSPS) is 19.1. The highest BCUT2D eigenvalue weighted by atomic mass is 16.7. The second-order valence-corrected chi connectivity index (χ2v) is 7.38. The molecule has 0 aromatic heterocycles. The fraction of sp³-hybridized carbons (Fsp3) is 0.273. The molecular formula is C22H25BO2. The third-order valence-corrected chi connectivity index (χ3v) is 4.95.